The van der Waals surface area contributed by atoms with Crippen molar-refractivity contribution in [3.05, 3.63) is 75.9 Å². The molecule has 0 saturated heterocycles. The van der Waals surface area contributed by atoms with Gasteiger partial charge in [-0.1, -0.05) is 29.8 Å². The molecular formula is C18H11ClN4O2. The van der Waals surface area contributed by atoms with Crippen LogP contribution in [0.5, 0.6) is 5.75 Å². The average Bonchev–Trinajstić information content (AvgIpc) is 3.06. The van der Waals surface area contributed by atoms with Gasteiger partial charge in [0.25, 0.3) is 5.56 Å². The molecule has 4 aromatic rings. The quantitative estimate of drug-likeness (QED) is 0.529. The van der Waals surface area contributed by atoms with Gasteiger partial charge in [-0.3, -0.25) is 9.36 Å². The molecule has 5 rings (SSSR count). The van der Waals surface area contributed by atoms with Crippen molar-refractivity contribution in [1.82, 2.24) is 19.3 Å². The molecule has 1 aliphatic heterocycles. The van der Waals surface area contributed by atoms with Crippen molar-refractivity contribution in [2.45, 2.75) is 6.61 Å². The lowest BCUT2D eigenvalue weighted by atomic mass is 10.2. The summed E-state index contributed by atoms with van der Waals surface area (Å²) in [5.41, 5.74) is 1.76. The summed E-state index contributed by atoms with van der Waals surface area (Å²) in [5.74, 6) is 1.13. The zero-order valence-electron chi connectivity index (χ0n) is 12.9. The second-order valence-corrected chi connectivity index (χ2v) is 6.13. The zero-order valence-corrected chi connectivity index (χ0v) is 13.6. The molecule has 0 aliphatic carbocycles. The Kier molecular flexibility index (Phi) is 2.96. The second kappa shape index (κ2) is 5.19. The summed E-state index contributed by atoms with van der Waals surface area (Å²) in [6.45, 7) is 0.208. The molecule has 0 radical (unpaired) electrons. The SMILES string of the molecule is O=c1c2cnn(-c3ccccc3)c2nc2n1-c1cc(Cl)ccc1OC2. The van der Waals surface area contributed by atoms with E-state index in [1.54, 1.807) is 33.6 Å². The summed E-state index contributed by atoms with van der Waals surface area (Å²) in [4.78, 5) is 17.7. The number of rotatable bonds is 1. The Balaban J connectivity index is 1.82. The zero-order chi connectivity index (χ0) is 17.0. The number of aromatic nitrogens is 4. The van der Waals surface area contributed by atoms with Gasteiger partial charge >= 0.3 is 0 Å². The summed E-state index contributed by atoms with van der Waals surface area (Å²) >= 11 is 6.09. The van der Waals surface area contributed by atoms with Crippen LogP contribution >= 0.6 is 11.6 Å². The van der Waals surface area contributed by atoms with Gasteiger partial charge in [-0.2, -0.15) is 5.10 Å². The van der Waals surface area contributed by atoms with Crippen molar-refractivity contribution in [3.63, 3.8) is 0 Å². The highest BCUT2D eigenvalue weighted by Gasteiger charge is 2.23. The fourth-order valence-corrected chi connectivity index (χ4v) is 3.21. The third kappa shape index (κ3) is 2.08. The monoisotopic (exact) mass is 350 g/mol. The summed E-state index contributed by atoms with van der Waals surface area (Å²) in [6, 6.07) is 14.8. The van der Waals surface area contributed by atoms with E-state index in [9.17, 15) is 4.79 Å². The maximum atomic E-state index is 13.1. The smallest absolute Gasteiger partial charge is 0.269 e. The highest BCUT2D eigenvalue weighted by Crippen LogP contribution is 2.31. The van der Waals surface area contributed by atoms with Crippen LogP contribution in [0.4, 0.5) is 0 Å². The molecular weight excluding hydrogens is 340 g/mol. The summed E-state index contributed by atoms with van der Waals surface area (Å²) in [5, 5.41) is 5.32. The number of hydrogen-bond donors (Lipinski definition) is 0. The molecule has 0 fully saturated rings. The lowest BCUT2D eigenvalue weighted by molar-refractivity contribution is 0.276. The molecule has 6 nitrogen and oxygen atoms in total. The first-order valence-electron chi connectivity index (χ1n) is 7.70. The van der Waals surface area contributed by atoms with Crippen LogP contribution in [-0.4, -0.2) is 19.3 Å². The van der Waals surface area contributed by atoms with Gasteiger partial charge in [0, 0.05) is 5.02 Å². The van der Waals surface area contributed by atoms with Gasteiger partial charge in [0.15, 0.2) is 11.5 Å². The van der Waals surface area contributed by atoms with E-state index in [0.29, 0.717) is 33.3 Å². The fraction of sp³-hybridized carbons (Fsp3) is 0.0556. The molecule has 7 heteroatoms. The Morgan fingerprint density at radius 1 is 1.12 bits per heavy atom. The van der Waals surface area contributed by atoms with E-state index in [4.69, 9.17) is 16.3 Å². The van der Waals surface area contributed by atoms with E-state index >= 15 is 0 Å². The van der Waals surface area contributed by atoms with Crippen molar-refractivity contribution >= 4 is 22.6 Å². The predicted octanol–water partition coefficient (Wildman–Crippen LogP) is 3.12. The first kappa shape index (κ1) is 14.2. The van der Waals surface area contributed by atoms with E-state index in [1.807, 2.05) is 30.3 Å². The van der Waals surface area contributed by atoms with E-state index in [2.05, 4.69) is 10.1 Å². The largest absolute Gasteiger partial charge is 0.483 e. The van der Waals surface area contributed by atoms with E-state index in [-0.39, 0.29) is 12.2 Å². The molecule has 0 spiro atoms. The molecule has 3 heterocycles. The Labute approximate surface area is 146 Å². The number of benzene rings is 2. The van der Waals surface area contributed by atoms with Crippen LogP contribution in [0.15, 0.2) is 59.5 Å². The van der Waals surface area contributed by atoms with Crippen LogP contribution in [0, 0.1) is 0 Å². The van der Waals surface area contributed by atoms with Gasteiger partial charge < -0.3 is 4.74 Å². The molecule has 0 bridgehead atoms. The lowest BCUT2D eigenvalue weighted by Crippen LogP contribution is -2.28. The van der Waals surface area contributed by atoms with Gasteiger partial charge in [-0.25, -0.2) is 9.67 Å². The Hall–Kier alpha value is -3.12. The van der Waals surface area contributed by atoms with Gasteiger partial charge in [0.1, 0.15) is 17.7 Å². The minimum atomic E-state index is -0.186. The Morgan fingerprint density at radius 3 is 2.80 bits per heavy atom. The van der Waals surface area contributed by atoms with Gasteiger partial charge in [-0.05, 0) is 30.3 Å². The van der Waals surface area contributed by atoms with E-state index in [1.165, 1.54) is 0 Å². The summed E-state index contributed by atoms with van der Waals surface area (Å²) in [6.07, 6.45) is 1.55. The molecule has 0 unspecified atom stereocenters. The van der Waals surface area contributed by atoms with Crippen LogP contribution in [-0.2, 0) is 6.61 Å². The summed E-state index contributed by atoms with van der Waals surface area (Å²) in [7, 11) is 0. The van der Waals surface area contributed by atoms with E-state index in [0.717, 1.165) is 5.69 Å². The predicted molar refractivity (Wildman–Crippen MR) is 93.8 cm³/mol. The minimum Gasteiger partial charge on any atom is -0.483 e. The van der Waals surface area contributed by atoms with Crippen molar-refractivity contribution < 1.29 is 4.74 Å². The van der Waals surface area contributed by atoms with Crippen LogP contribution in [0.25, 0.3) is 22.4 Å². The number of fused-ring (bicyclic) bond motifs is 4. The molecule has 0 N–H and O–H groups in total. The lowest BCUT2D eigenvalue weighted by Gasteiger charge is -2.21. The highest BCUT2D eigenvalue weighted by atomic mass is 35.5. The van der Waals surface area contributed by atoms with Crippen molar-refractivity contribution in [2.24, 2.45) is 0 Å². The molecule has 0 amide bonds. The molecule has 122 valence electrons. The number of nitrogens with zero attached hydrogens (tertiary/aromatic N) is 4. The Bertz CT molecular complexity index is 1180. The van der Waals surface area contributed by atoms with Crippen LogP contribution in [0.3, 0.4) is 0 Å². The highest BCUT2D eigenvalue weighted by molar-refractivity contribution is 6.30. The topological polar surface area (TPSA) is 61.9 Å². The van der Waals surface area contributed by atoms with Crippen molar-refractivity contribution in [3.8, 4) is 17.1 Å². The molecule has 0 atom stereocenters. The number of hydrogen-bond acceptors (Lipinski definition) is 4. The van der Waals surface area contributed by atoms with Crippen molar-refractivity contribution in [2.75, 3.05) is 0 Å². The average molecular weight is 351 g/mol. The molecule has 25 heavy (non-hydrogen) atoms. The van der Waals surface area contributed by atoms with Crippen LogP contribution in [0.1, 0.15) is 5.82 Å². The van der Waals surface area contributed by atoms with Crippen LogP contribution < -0.4 is 10.3 Å². The second-order valence-electron chi connectivity index (χ2n) is 5.70. The minimum absolute atomic E-state index is 0.186. The third-order valence-corrected chi connectivity index (χ3v) is 4.42. The molecule has 0 saturated carbocycles. The molecule has 2 aromatic carbocycles. The maximum absolute atomic E-state index is 13.1. The fourth-order valence-electron chi connectivity index (χ4n) is 3.04. The van der Waals surface area contributed by atoms with E-state index < -0.39 is 0 Å². The van der Waals surface area contributed by atoms with Gasteiger partial charge in [-0.15, -0.1) is 0 Å². The Morgan fingerprint density at radius 2 is 1.96 bits per heavy atom. The third-order valence-electron chi connectivity index (χ3n) is 4.19. The first-order chi connectivity index (χ1) is 12.2. The number of para-hydroxylation sites is 1. The standard InChI is InChI=1S/C18H11ClN4O2/c19-11-6-7-15-14(8-11)22-16(10-25-15)21-17-13(18(22)24)9-20-23(17)12-4-2-1-3-5-12/h1-9H,10H2. The first-order valence-corrected chi connectivity index (χ1v) is 8.08. The number of halogens is 1. The maximum Gasteiger partial charge on any atom is 0.269 e. The molecule has 1 aliphatic rings. The van der Waals surface area contributed by atoms with Gasteiger partial charge in [0.05, 0.1) is 17.6 Å². The number of ether oxygens (including phenoxy) is 1. The summed E-state index contributed by atoms with van der Waals surface area (Å²) < 4.78 is 8.92. The molecule has 2 aromatic heterocycles. The van der Waals surface area contributed by atoms with Crippen LogP contribution in [0.2, 0.25) is 5.02 Å². The van der Waals surface area contributed by atoms with Crippen molar-refractivity contribution in [1.29, 1.82) is 0 Å². The van der Waals surface area contributed by atoms with Gasteiger partial charge in [0.2, 0.25) is 0 Å². The normalized spacial score (nSPS) is 12.5.